The molecule has 1 amide bonds. The van der Waals surface area contributed by atoms with Crippen LogP contribution in [0.15, 0.2) is 76.9 Å². The number of benzene rings is 2. The van der Waals surface area contributed by atoms with Crippen molar-refractivity contribution in [1.29, 1.82) is 0 Å². The van der Waals surface area contributed by atoms with Gasteiger partial charge in [-0.3, -0.25) is 4.79 Å². The number of halogens is 1. The number of amides is 1. The van der Waals surface area contributed by atoms with Crippen LogP contribution >= 0.6 is 11.3 Å². The Kier molecular flexibility index (Phi) is 5.46. The molecule has 1 saturated heterocycles. The van der Waals surface area contributed by atoms with E-state index in [2.05, 4.69) is 19.9 Å². The van der Waals surface area contributed by atoms with Crippen LogP contribution in [0.4, 0.5) is 10.2 Å². The number of hydrogen-bond donors (Lipinski definition) is 0. The Morgan fingerprint density at radius 1 is 0.914 bits per heavy atom. The normalized spacial score (nSPS) is 14.0. The molecule has 9 heteroatoms. The van der Waals surface area contributed by atoms with E-state index in [1.807, 2.05) is 28.5 Å². The van der Waals surface area contributed by atoms with Crippen molar-refractivity contribution >= 4 is 33.3 Å². The van der Waals surface area contributed by atoms with E-state index in [1.54, 1.807) is 48.0 Å². The maximum absolute atomic E-state index is 14.2. The average molecular weight is 486 g/mol. The second-order valence-corrected chi connectivity index (χ2v) is 9.07. The number of oxazole rings is 1. The van der Waals surface area contributed by atoms with Crippen molar-refractivity contribution in [2.24, 2.45) is 0 Å². The minimum absolute atomic E-state index is 0.0886. The van der Waals surface area contributed by atoms with Crippen LogP contribution in [0.2, 0.25) is 0 Å². The summed E-state index contributed by atoms with van der Waals surface area (Å²) in [6, 6.07) is 15.6. The van der Waals surface area contributed by atoms with E-state index < -0.39 is 0 Å². The zero-order valence-electron chi connectivity index (χ0n) is 18.6. The van der Waals surface area contributed by atoms with E-state index in [0.717, 1.165) is 16.0 Å². The molecule has 174 valence electrons. The summed E-state index contributed by atoms with van der Waals surface area (Å²) in [6.07, 6.45) is 3.08. The van der Waals surface area contributed by atoms with Gasteiger partial charge in [-0.2, -0.15) is 0 Å². The highest BCUT2D eigenvalue weighted by Gasteiger charge is 2.26. The molecule has 0 atom stereocenters. The third-order valence-corrected chi connectivity index (χ3v) is 6.96. The number of fused-ring (bicyclic) bond motifs is 1. The third-order valence-electron chi connectivity index (χ3n) is 6.14. The molecule has 0 spiro atoms. The zero-order valence-corrected chi connectivity index (χ0v) is 19.4. The molecule has 0 radical (unpaired) electrons. The Morgan fingerprint density at radius 3 is 2.51 bits per heavy atom. The molecule has 4 heterocycles. The van der Waals surface area contributed by atoms with E-state index in [4.69, 9.17) is 4.42 Å². The molecule has 0 saturated carbocycles. The first-order valence-electron chi connectivity index (χ1n) is 11.2. The Hall–Kier alpha value is -4.11. The standard InChI is InChI=1S/C26H20FN5O2S/c27-21-8-4-3-7-19(21)22-15-28-24(34-22)17-5-1-2-6-18(17)26(33)32-12-10-31(11-13-32)23-20-9-14-35-25(20)30-16-29-23/h1-9,14-16H,10-13H2. The summed E-state index contributed by atoms with van der Waals surface area (Å²) in [7, 11) is 0. The smallest absolute Gasteiger partial charge is 0.254 e. The van der Waals surface area contributed by atoms with Gasteiger partial charge in [0.1, 0.15) is 22.8 Å². The third kappa shape index (κ3) is 3.93. The van der Waals surface area contributed by atoms with Crippen LogP contribution in [0.1, 0.15) is 10.4 Å². The Bertz CT molecular complexity index is 1520. The molecule has 35 heavy (non-hydrogen) atoms. The molecule has 7 nitrogen and oxygen atoms in total. The maximum atomic E-state index is 14.2. The highest BCUT2D eigenvalue weighted by atomic mass is 32.1. The summed E-state index contributed by atoms with van der Waals surface area (Å²) in [4.78, 5) is 31.6. The van der Waals surface area contributed by atoms with Gasteiger partial charge in [0.2, 0.25) is 5.89 Å². The fraction of sp³-hybridized carbons (Fsp3) is 0.154. The average Bonchev–Trinajstić information content (AvgIpc) is 3.59. The van der Waals surface area contributed by atoms with Crippen molar-refractivity contribution in [2.45, 2.75) is 0 Å². The molecule has 6 rings (SSSR count). The summed E-state index contributed by atoms with van der Waals surface area (Å²) in [5.41, 5.74) is 1.42. The van der Waals surface area contributed by atoms with Crippen LogP contribution in [-0.2, 0) is 0 Å². The molecule has 1 aliphatic rings. The van der Waals surface area contributed by atoms with Gasteiger partial charge in [-0.25, -0.2) is 19.3 Å². The number of anilines is 1. The summed E-state index contributed by atoms with van der Waals surface area (Å²) in [5, 5.41) is 3.05. The quantitative estimate of drug-likeness (QED) is 0.352. The summed E-state index contributed by atoms with van der Waals surface area (Å²) < 4.78 is 20.1. The largest absolute Gasteiger partial charge is 0.436 e. The first-order chi connectivity index (χ1) is 17.2. The minimum Gasteiger partial charge on any atom is -0.436 e. The van der Waals surface area contributed by atoms with Gasteiger partial charge in [0.05, 0.1) is 22.7 Å². The number of nitrogens with zero attached hydrogens (tertiary/aromatic N) is 5. The first-order valence-corrected chi connectivity index (χ1v) is 12.1. The van der Waals surface area contributed by atoms with Crippen molar-refractivity contribution < 1.29 is 13.6 Å². The number of rotatable bonds is 4. The topological polar surface area (TPSA) is 75.4 Å². The molecule has 0 N–H and O–H groups in total. The van der Waals surface area contributed by atoms with Crippen LogP contribution in [0, 0.1) is 5.82 Å². The van der Waals surface area contributed by atoms with Gasteiger partial charge in [0.25, 0.3) is 5.91 Å². The fourth-order valence-corrected chi connectivity index (χ4v) is 5.09. The molecule has 3 aromatic heterocycles. The van der Waals surface area contributed by atoms with Gasteiger partial charge in [-0.05, 0) is 35.7 Å². The summed E-state index contributed by atoms with van der Waals surface area (Å²) >= 11 is 1.59. The van der Waals surface area contributed by atoms with Crippen molar-refractivity contribution in [3.05, 3.63) is 83.9 Å². The van der Waals surface area contributed by atoms with Gasteiger partial charge in [-0.1, -0.05) is 24.3 Å². The van der Waals surface area contributed by atoms with Crippen LogP contribution in [0.3, 0.4) is 0 Å². The van der Waals surface area contributed by atoms with Crippen molar-refractivity contribution in [3.8, 4) is 22.8 Å². The number of piperazine rings is 1. The lowest BCUT2D eigenvalue weighted by Gasteiger charge is -2.35. The lowest BCUT2D eigenvalue weighted by atomic mass is 10.1. The maximum Gasteiger partial charge on any atom is 0.254 e. The number of thiophene rings is 1. The molecule has 5 aromatic rings. The van der Waals surface area contributed by atoms with Crippen LogP contribution in [-0.4, -0.2) is 51.9 Å². The SMILES string of the molecule is O=C(c1ccccc1-c1ncc(-c2ccccc2F)o1)N1CCN(c2ncnc3sccc23)CC1. The molecule has 2 aromatic carbocycles. The molecular weight excluding hydrogens is 465 g/mol. The lowest BCUT2D eigenvalue weighted by molar-refractivity contribution is 0.0747. The molecule has 1 aliphatic heterocycles. The second kappa shape index (κ2) is 8.92. The number of carbonyl (C=O) groups excluding carboxylic acids is 1. The number of hydrogen-bond acceptors (Lipinski definition) is 7. The molecule has 1 fully saturated rings. The fourth-order valence-electron chi connectivity index (χ4n) is 4.36. The monoisotopic (exact) mass is 485 g/mol. The Balaban J connectivity index is 1.22. The Labute approximate surface area is 204 Å². The van der Waals surface area contributed by atoms with Crippen molar-refractivity contribution in [3.63, 3.8) is 0 Å². The number of aromatic nitrogens is 3. The van der Waals surface area contributed by atoms with Gasteiger partial charge in [0.15, 0.2) is 5.76 Å². The predicted octanol–water partition coefficient (Wildman–Crippen LogP) is 5.11. The van der Waals surface area contributed by atoms with E-state index in [1.165, 1.54) is 12.3 Å². The first kappa shape index (κ1) is 21.4. The van der Waals surface area contributed by atoms with Crippen LogP contribution in [0.5, 0.6) is 0 Å². The van der Waals surface area contributed by atoms with Crippen molar-refractivity contribution in [2.75, 3.05) is 31.1 Å². The van der Waals surface area contributed by atoms with Gasteiger partial charge >= 0.3 is 0 Å². The zero-order chi connectivity index (χ0) is 23.8. The molecule has 0 unspecified atom stereocenters. The summed E-state index contributed by atoms with van der Waals surface area (Å²) in [5.74, 6) is 1.03. The van der Waals surface area contributed by atoms with Crippen LogP contribution in [0.25, 0.3) is 33.0 Å². The summed E-state index contributed by atoms with van der Waals surface area (Å²) in [6.45, 7) is 2.47. The van der Waals surface area contributed by atoms with E-state index >= 15 is 0 Å². The molecule has 0 aliphatic carbocycles. The predicted molar refractivity (Wildman–Crippen MR) is 133 cm³/mol. The van der Waals surface area contributed by atoms with E-state index in [9.17, 15) is 9.18 Å². The van der Waals surface area contributed by atoms with Gasteiger partial charge in [-0.15, -0.1) is 11.3 Å². The minimum atomic E-state index is -0.388. The van der Waals surface area contributed by atoms with Gasteiger partial charge in [0, 0.05) is 31.7 Å². The van der Waals surface area contributed by atoms with Crippen LogP contribution < -0.4 is 4.90 Å². The van der Waals surface area contributed by atoms with Crippen molar-refractivity contribution in [1.82, 2.24) is 19.9 Å². The Morgan fingerprint density at radius 2 is 1.69 bits per heavy atom. The number of carbonyl (C=O) groups is 1. The van der Waals surface area contributed by atoms with E-state index in [-0.39, 0.29) is 17.6 Å². The van der Waals surface area contributed by atoms with E-state index in [0.29, 0.717) is 48.6 Å². The second-order valence-electron chi connectivity index (χ2n) is 8.17. The highest BCUT2D eigenvalue weighted by Crippen LogP contribution is 2.31. The highest BCUT2D eigenvalue weighted by molar-refractivity contribution is 7.16. The van der Waals surface area contributed by atoms with Gasteiger partial charge < -0.3 is 14.2 Å². The molecular formula is C26H20FN5O2S. The molecule has 0 bridgehead atoms. The lowest BCUT2D eigenvalue weighted by Crippen LogP contribution is -2.49.